The average Bonchev–Trinajstić information content (AvgIpc) is 2.53. The lowest BCUT2D eigenvalue weighted by Crippen LogP contribution is -2.13. The van der Waals surface area contributed by atoms with Crippen molar-refractivity contribution in [2.24, 2.45) is 0 Å². The van der Waals surface area contributed by atoms with E-state index in [1.807, 2.05) is 0 Å². The van der Waals surface area contributed by atoms with Crippen LogP contribution < -0.4 is 0 Å². The monoisotopic (exact) mass is 215 g/mol. The summed E-state index contributed by atoms with van der Waals surface area (Å²) in [4.78, 5) is 4.53. The number of thiazole rings is 1. The third-order valence-corrected chi connectivity index (χ3v) is 3.94. The molecular weight excluding hydrogens is 202 g/mol. The Labute approximate surface area is 88.1 Å². The van der Waals surface area contributed by atoms with Gasteiger partial charge in [-0.3, -0.25) is 0 Å². The van der Waals surface area contributed by atoms with Gasteiger partial charge in [-0.25, -0.2) is 4.98 Å². The maximum absolute atomic E-state index is 6.06. The zero-order valence-corrected chi connectivity index (χ0v) is 9.37. The van der Waals surface area contributed by atoms with Gasteiger partial charge in [-0.05, 0) is 32.6 Å². The fourth-order valence-electron chi connectivity index (χ4n) is 1.92. The first-order chi connectivity index (χ1) is 6.25. The van der Waals surface area contributed by atoms with Crippen LogP contribution in [0.4, 0.5) is 0 Å². The van der Waals surface area contributed by atoms with E-state index >= 15 is 0 Å². The molecule has 0 aliphatic heterocycles. The fourth-order valence-corrected chi connectivity index (χ4v) is 2.86. The molecule has 1 aliphatic rings. The minimum Gasteiger partial charge on any atom is -0.246 e. The topological polar surface area (TPSA) is 12.9 Å². The summed E-state index contributed by atoms with van der Waals surface area (Å²) in [7, 11) is 0. The van der Waals surface area contributed by atoms with Crippen LogP contribution >= 0.6 is 22.9 Å². The Morgan fingerprint density at radius 1 is 1.38 bits per heavy atom. The molecule has 72 valence electrons. The molecule has 1 saturated carbocycles. The van der Waals surface area contributed by atoms with Gasteiger partial charge in [-0.2, -0.15) is 0 Å². The van der Waals surface area contributed by atoms with Gasteiger partial charge < -0.3 is 0 Å². The van der Waals surface area contributed by atoms with Crippen molar-refractivity contribution in [3.8, 4) is 0 Å². The summed E-state index contributed by atoms with van der Waals surface area (Å²) >= 11 is 7.81. The number of aryl methyl sites for hydroxylation is 1. The van der Waals surface area contributed by atoms with Crippen LogP contribution in [0.2, 0.25) is 0 Å². The van der Waals surface area contributed by atoms with Crippen LogP contribution in [-0.2, 0) is 0 Å². The van der Waals surface area contributed by atoms with E-state index in [1.165, 1.54) is 23.5 Å². The normalized spacial score (nSPS) is 29.1. The molecule has 3 heteroatoms. The average molecular weight is 216 g/mol. The number of alkyl halides is 1. The highest BCUT2D eigenvalue weighted by atomic mass is 35.5. The summed E-state index contributed by atoms with van der Waals surface area (Å²) in [6, 6.07) is 0. The van der Waals surface area contributed by atoms with E-state index in [2.05, 4.69) is 17.3 Å². The Morgan fingerprint density at radius 3 is 2.62 bits per heavy atom. The van der Waals surface area contributed by atoms with E-state index in [4.69, 9.17) is 11.6 Å². The van der Waals surface area contributed by atoms with Crippen molar-refractivity contribution >= 4 is 22.9 Å². The Kier molecular flexibility index (Phi) is 2.89. The van der Waals surface area contributed by atoms with Crippen LogP contribution in [0.5, 0.6) is 0 Å². The molecule has 1 nitrogen and oxygen atoms in total. The van der Waals surface area contributed by atoms with Crippen molar-refractivity contribution in [2.45, 2.75) is 43.9 Å². The molecule has 0 unspecified atom stereocenters. The highest BCUT2D eigenvalue weighted by molar-refractivity contribution is 7.09. The van der Waals surface area contributed by atoms with Gasteiger partial charge in [0.25, 0.3) is 0 Å². The van der Waals surface area contributed by atoms with Crippen molar-refractivity contribution in [1.82, 2.24) is 4.98 Å². The lowest BCUT2D eigenvalue weighted by molar-refractivity contribution is 0.443. The number of hydrogen-bond donors (Lipinski definition) is 0. The molecule has 0 bridgehead atoms. The van der Waals surface area contributed by atoms with Gasteiger partial charge in [0.2, 0.25) is 0 Å². The highest BCUT2D eigenvalue weighted by Crippen LogP contribution is 2.34. The molecule has 0 atom stereocenters. The van der Waals surface area contributed by atoms with Crippen LogP contribution in [-0.4, -0.2) is 10.4 Å². The Bertz CT molecular complexity index is 276. The molecule has 1 fully saturated rings. The number of nitrogens with zero attached hydrogens (tertiary/aromatic N) is 1. The van der Waals surface area contributed by atoms with Gasteiger partial charge in [-0.15, -0.1) is 22.9 Å². The summed E-state index contributed by atoms with van der Waals surface area (Å²) < 4.78 is 0. The second kappa shape index (κ2) is 3.97. The van der Waals surface area contributed by atoms with Gasteiger partial charge in [0.05, 0.1) is 10.7 Å². The number of halogens is 1. The Balaban J connectivity index is 2.02. The molecule has 13 heavy (non-hydrogen) atoms. The molecular formula is C10H14ClNS. The summed E-state index contributed by atoms with van der Waals surface area (Å²) in [5.41, 5.74) is 1.30. The van der Waals surface area contributed by atoms with Gasteiger partial charge >= 0.3 is 0 Å². The highest BCUT2D eigenvalue weighted by Gasteiger charge is 2.22. The summed E-state index contributed by atoms with van der Waals surface area (Å²) in [6.07, 6.45) is 4.75. The van der Waals surface area contributed by atoms with Crippen LogP contribution in [0, 0.1) is 6.92 Å². The van der Waals surface area contributed by atoms with Gasteiger partial charge in [0.15, 0.2) is 0 Å². The number of rotatable bonds is 1. The zero-order chi connectivity index (χ0) is 9.26. The Hall–Kier alpha value is -0.0800. The molecule has 0 saturated heterocycles. The first kappa shape index (κ1) is 9.47. The van der Waals surface area contributed by atoms with Crippen molar-refractivity contribution < 1.29 is 0 Å². The standard InChI is InChI=1S/C10H14ClNS/c1-7-12-10(6-13-7)8-2-4-9(11)5-3-8/h6,8-9H,2-5H2,1H3. The molecule has 1 aromatic heterocycles. The molecule has 0 N–H and O–H groups in total. The molecule has 0 spiro atoms. The second-order valence-electron chi connectivity index (χ2n) is 3.74. The van der Waals surface area contributed by atoms with Crippen LogP contribution in [0.3, 0.4) is 0 Å². The lowest BCUT2D eigenvalue weighted by Gasteiger charge is -2.23. The SMILES string of the molecule is Cc1nc(C2CCC(Cl)CC2)cs1. The quantitative estimate of drug-likeness (QED) is 0.651. The van der Waals surface area contributed by atoms with Crippen LogP contribution in [0.25, 0.3) is 0 Å². The number of hydrogen-bond acceptors (Lipinski definition) is 2. The van der Waals surface area contributed by atoms with Crippen molar-refractivity contribution in [3.05, 3.63) is 16.1 Å². The predicted molar refractivity (Wildman–Crippen MR) is 57.7 cm³/mol. The van der Waals surface area contributed by atoms with Gasteiger partial charge in [-0.1, -0.05) is 0 Å². The van der Waals surface area contributed by atoms with E-state index in [-0.39, 0.29) is 0 Å². The molecule has 2 rings (SSSR count). The molecule has 0 aromatic carbocycles. The lowest BCUT2D eigenvalue weighted by atomic mass is 9.87. The third-order valence-electron chi connectivity index (χ3n) is 2.71. The summed E-state index contributed by atoms with van der Waals surface area (Å²) in [6.45, 7) is 2.07. The van der Waals surface area contributed by atoms with E-state index in [0.29, 0.717) is 11.3 Å². The van der Waals surface area contributed by atoms with E-state index in [0.717, 1.165) is 12.8 Å². The van der Waals surface area contributed by atoms with Crippen LogP contribution in [0.1, 0.15) is 42.3 Å². The maximum Gasteiger partial charge on any atom is 0.0897 e. The third kappa shape index (κ3) is 2.23. The molecule has 0 radical (unpaired) electrons. The molecule has 1 aliphatic carbocycles. The van der Waals surface area contributed by atoms with E-state index in [1.54, 1.807) is 11.3 Å². The van der Waals surface area contributed by atoms with E-state index < -0.39 is 0 Å². The van der Waals surface area contributed by atoms with Crippen molar-refractivity contribution in [1.29, 1.82) is 0 Å². The maximum atomic E-state index is 6.06. The Morgan fingerprint density at radius 2 is 2.08 bits per heavy atom. The van der Waals surface area contributed by atoms with Crippen LogP contribution in [0.15, 0.2) is 5.38 Å². The fraction of sp³-hybridized carbons (Fsp3) is 0.700. The number of aromatic nitrogens is 1. The van der Waals surface area contributed by atoms with Crippen molar-refractivity contribution in [2.75, 3.05) is 0 Å². The first-order valence-electron chi connectivity index (χ1n) is 4.82. The second-order valence-corrected chi connectivity index (χ2v) is 5.42. The summed E-state index contributed by atoms with van der Waals surface area (Å²) in [5.74, 6) is 0.681. The van der Waals surface area contributed by atoms with Gasteiger partial charge in [0, 0.05) is 16.7 Å². The van der Waals surface area contributed by atoms with Gasteiger partial charge in [0.1, 0.15) is 0 Å². The first-order valence-corrected chi connectivity index (χ1v) is 6.13. The molecule has 1 aromatic rings. The van der Waals surface area contributed by atoms with Crippen molar-refractivity contribution in [3.63, 3.8) is 0 Å². The minimum absolute atomic E-state index is 0.413. The smallest absolute Gasteiger partial charge is 0.0897 e. The predicted octanol–water partition coefficient (Wildman–Crippen LogP) is 3.72. The summed E-state index contributed by atoms with van der Waals surface area (Å²) in [5, 5.41) is 3.80. The minimum atomic E-state index is 0.413. The zero-order valence-electron chi connectivity index (χ0n) is 7.79. The van der Waals surface area contributed by atoms with E-state index in [9.17, 15) is 0 Å². The molecule has 1 heterocycles. The molecule has 0 amide bonds. The largest absolute Gasteiger partial charge is 0.246 e.